The number of hydrogen-bond donors (Lipinski definition) is 0. The maximum absolute atomic E-state index is 12.8. The molecule has 5 heteroatoms. The smallest absolute Gasteiger partial charge is 0.227 e. The van der Waals surface area contributed by atoms with Gasteiger partial charge in [0.2, 0.25) is 5.91 Å². The first-order chi connectivity index (χ1) is 11.2. The van der Waals surface area contributed by atoms with Crippen LogP contribution in [0.4, 0.5) is 0 Å². The van der Waals surface area contributed by atoms with E-state index in [1.165, 1.54) is 5.56 Å². The van der Waals surface area contributed by atoms with Gasteiger partial charge in [-0.2, -0.15) is 0 Å². The minimum absolute atomic E-state index is 0.0998. The van der Waals surface area contributed by atoms with E-state index in [9.17, 15) is 4.79 Å². The van der Waals surface area contributed by atoms with Crippen LogP contribution in [0.1, 0.15) is 12.5 Å². The summed E-state index contributed by atoms with van der Waals surface area (Å²) in [5.41, 5.74) is 1.18. The molecule has 3 rings (SSSR count). The molecule has 126 valence electrons. The highest BCUT2D eigenvalue weighted by Crippen LogP contribution is 2.28. The van der Waals surface area contributed by atoms with Crippen molar-refractivity contribution >= 4 is 5.91 Å². The van der Waals surface area contributed by atoms with Crippen LogP contribution in [-0.4, -0.2) is 62.2 Å². The van der Waals surface area contributed by atoms with Crippen LogP contribution < -0.4 is 4.74 Å². The Morgan fingerprint density at radius 2 is 2.00 bits per heavy atom. The summed E-state index contributed by atoms with van der Waals surface area (Å²) >= 11 is 0. The standard InChI is InChI=1S/C18H26N2O3/c1-14-11-19(12-15-5-3-4-6-17(15)22-2)13-16(14)18(21)20-7-9-23-10-8-20/h3-6,14,16H,7-13H2,1-2H3/t14-,16-/m1/s1. The van der Waals surface area contributed by atoms with E-state index in [2.05, 4.69) is 17.9 Å². The molecule has 0 saturated carbocycles. The molecular formula is C18H26N2O3. The molecule has 0 aliphatic carbocycles. The minimum Gasteiger partial charge on any atom is -0.496 e. The molecule has 5 nitrogen and oxygen atoms in total. The Hall–Kier alpha value is -1.59. The minimum atomic E-state index is 0.0998. The van der Waals surface area contributed by atoms with Crippen LogP contribution in [0.15, 0.2) is 24.3 Å². The van der Waals surface area contributed by atoms with Crippen molar-refractivity contribution in [1.82, 2.24) is 9.80 Å². The van der Waals surface area contributed by atoms with Gasteiger partial charge in [0.05, 0.1) is 26.2 Å². The first kappa shape index (κ1) is 16.3. The number of rotatable bonds is 4. The Morgan fingerprint density at radius 1 is 1.26 bits per heavy atom. The lowest BCUT2D eigenvalue weighted by molar-refractivity contribution is -0.140. The highest BCUT2D eigenvalue weighted by atomic mass is 16.5. The maximum atomic E-state index is 12.8. The van der Waals surface area contributed by atoms with Gasteiger partial charge in [-0.15, -0.1) is 0 Å². The second kappa shape index (κ2) is 7.32. The first-order valence-electron chi connectivity index (χ1n) is 8.40. The fourth-order valence-corrected chi connectivity index (χ4v) is 3.61. The summed E-state index contributed by atoms with van der Waals surface area (Å²) in [5, 5.41) is 0. The van der Waals surface area contributed by atoms with E-state index in [1.54, 1.807) is 7.11 Å². The topological polar surface area (TPSA) is 42.0 Å². The molecule has 2 atom stereocenters. The second-order valence-electron chi connectivity index (χ2n) is 6.53. The fourth-order valence-electron chi connectivity index (χ4n) is 3.61. The lowest BCUT2D eigenvalue weighted by Crippen LogP contribution is -2.45. The van der Waals surface area contributed by atoms with E-state index in [0.717, 1.165) is 38.5 Å². The molecule has 0 N–H and O–H groups in total. The number of ether oxygens (including phenoxy) is 2. The van der Waals surface area contributed by atoms with Crippen LogP contribution >= 0.6 is 0 Å². The largest absolute Gasteiger partial charge is 0.496 e. The maximum Gasteiger partial charge on any atom is 0.227 e. The Kier molecular flexibility index (Phi) is 5.18. The number of carbonyl (C=O) groups is 1. The number of morpholine rings is 1. The number of amides is 1. The Labute approximate surface area is 138 Å². The number of hydrogen-bond acceptors (Lipinski definition) is 4. The van der Waals surface area contributed by atoms with Crippen LogP contribution in [0, 0.1) is 11.8 Å². The molecule has 0 unspecified atom stereocenters. The normalized spacial score (nSPS) is 25.6. The Bertz CT molecular complexity index is 543. The molecule has 1 aromatic rings. The summed E-state index contributed by atoms with van der Waals surface area (Å²) < 4.78 is 10.8. The molecule has 2 fully saturated rings. The van der Waals surface area contributed by atoms with Crippen molar-refractivity contribution in [3.05, 3.63) is 29.8 Å². The summed E-state index contributed by atoms with van der Waals surface area (Å²) in [6.45, 7) is 7.60. The molecule has 2 saturated heterocycles. The molecule has 23 heavy (non-hydrogen) atoms. The molecule has 2 heterocycles. The average Bonchev–Trinajstić information content (AvgIpc) is 2.96. The van der Waals surface area contributed by atoms with Crippen LogP contribution in [0.25, 0.3) is 0 Å². The van der Waals surface area contributed by atoms with Crippen LogP contribution in [0.3, 0.4) is 0 Å². The van der Waals surface area contributed by atoms with Gasteiger partial charge in [-0.25, -0.2) is 0 Å². The highest BCUT2D eigenvalue weighted by Gasteiger charge is 2.37. The van der Waals surface area contributed by atoms with E-state index in [0.29, 0.717) is 25.0 Å². The Balaban J connectivity index is 1.62. The summed E-state index contributed by atoms with van der Waals surface area (Å²) in [6.07, 6.45) is 0. The van der Waals surface area contributed by atoms with Crippen molar-refractivity contribution < 1.29 is 14.3 Å². The van der Waals surface area contributed by atoms with Gasteiger partial charge in [-0.3, -0.25) is 9.69 Å². The van der Waals surface area contributed by atoms with Gasteiger partial charge in [0.1, 0.15) is 5.75 Å². The van der Waals surface area contributed by atoms with Crippen molar-refractivity contribution in [2.24, 2.45) is 11.8 Å². The Morgan fingerprint density at radius 3 is 2.74 bits per heavy atom. The summed E-state index contributed by atoms with van der Waals surface area (Å²) in [5.74, 6) is 1.70. The average molecular weight is 318 g/mol. The molecule has 2 aliphatic heterocycles. The third-order valence-corrected chi connectivity index (χ3v) is 4.91. The number of carbonyl (C=O) groups excluding carboxylic acids is 1. The van der Waals surface area contributed by atoms with Crippen LogP contribution in [0.5, 0.6) is 5.75 Å². The summed E-state index contributed by atoms with van der Waals surface area (Å²) in [4.78, 5) is 17.1. The predicted octanol–water partition coefficient (Wildman–Crippen LogP) is 1.62. The van der Waals surface area contributed by atoms with Crippen molar-refractivity contribution in [2.75, 3.05) is 46.5 Å². The van der Waals surface area contributed by atoms with Crippen LogP contribution in [-0.2, 0) is 16.1 Å². The zero-order valence-corrected chi connectivity index (χ0v) is 14.0. The van der Waals surface area contributed by atoms with E-state index in [4.69, 9.17) is 9.47 Å². The SMILES string of the molecule is COc1ccccc1CN1C[C@@H](C)[C@H](C(=O)N2CCOCC2)C1. The van der Waals surface area contributed by atoms with Gasteiger partial charge >= 0.3 is 0 Å². The monoisotopic (exact) mass is 318 g/mol. The lowest BCUT2D eigenvalue weighted by Gasteiger charge is -2.30. The number of para-hydroxylation sites is 1. The second-order valence-corrected chi connectivity index (χ2v) is 6.53. The van der Waals surface area contributed by atoms with Gasteiger partial charge in [-0.1, -0.05) is 25.1 Å². The molecule has 0 bridgehead atoms. The fraction of sp³-hybridized carbons (Fsp3) is 0.611. The molecule has 0 radical (unpaired) electrons. The third kappa shape index (κ3) is 3.67. The quantitative estimate of drug-likeness (QED) is 0.846. The van der Waals surface area contributed by atoms with Gasteiger partial charge in [-0.05, 0) is 12.0 Å². The van der Waals surface area contributed by atoms with E-state index in [1.807, 2.05) is 23.1 Å². The van der Waals surface area contributed by atoms with Crippen LogP contribution in [0.2, 0.25) is 0 Å². The van der Waals surface area contributed by atoms with Gasteiger partial charge in [0.25, 0.3) is 0 Å². The first-order valence-corrected chi connectivity index (χ1v) is 8.40. The lowest BCUT2D eigenvalue weighted by atomic mass is 9.96. The number of likely N-dealkylation sites (tertiary alicyclic amines) is 1. The van der Waals surface area contributed by atoms with Gasteiger partial charge in [0.15, 0.2) is 0 Å². The molecule has 2 aliphatic rings. The van der Waals surface area contributed by atoms with E-state index in [-0.39, 0.29) is 5.92 Å². The zero-order valence-electron chi connectivity index (χ0n) is 14.0. The molecule has 0 spiro atoms. The molecule has 1 amide bonds. The molecular weight excluding hydrogens is 292 g/mol. The van der Waals surface area contributed by atoms with Gasteiger partial charge in [0, 0.05) is 38.3 Å². The predicted molar refractivity (Wildman–Crippen MR) is 88.3 cm³/mol. The third-order valence-electron chi connectivity index (χ3n) is 4.91. The van der Waals surface area contributed by atoms with Crippen molar-refractivity contribution in [3.63, 3.8) is 0 Å². The number of nitrogens with zero attached hydrogens (tertiary/aromatic N) is 2. The van der Waals surface area contributed by atoms with Crippen molar-refractivity contribution in [3.8, 4) is 5.75 Å². The zero-order chi connectivity index (χ0) is 16.2. The van der Waals surface area contributed by atoms with Crippen molar-refractivity contribution in [2.45, 2.75) is 13.5 Å². The molecule has 0 aromatic heterocycles. The summed E-state index contributed by atoms with van der Waals surface area (Å²) in [7, 11) is 1.70. The van der Waals surface area contributed by atoms with Crippen molar-refractivity contribution in [1.29, 1.82) is 0 Å². The van der Waals surface area contributed by atoms with Gasteiger partial charge < -0.3 is 14.4 Å². The molecule has 1 aromatic carbocycles. The number of benzene rings is 1. The van der Waals surface area contributed by atoms with E-state index >= 15 is 0 Å². The highest BCUT2D eigenvalue weighted by molar-refractivity contribution is 5.79. The van der Waals surface area contributed by atoms with E-state index < -0.39 is 0 Å². The summed E-state index contributed by atoms with van der Waals surface area (Å²) in [6, 6.07) is 8.11. The number of methoxy groups -OCH3 is 1.